The van der Waals surface area contributed by atoms with Crippen molar-refractivity contribution in [2.24, 2.45) is 5.92 Å². The maximum absolute atomic E-state index is 12.5. The largest absolute Gasteiger partial charge is 0.399 e. The van der Waals surface area contributed by atoms with Gasteiger partial charge in [0, 0.05) is 18.7 Å². The molecule has 4 nitrogen and oxygen atoms in total. The van der Waals surface area contributed by atoms with Gasteiger partial charge in [-0.05, 0) is 30.4 Å². The molecule has 1 aromatic rings. The zero-order valence-corrected chi connectivity index (χ0v) is 14.3. The molecule has 124 valence electrons. The van der Waals surface area contributed by atoms with Crippen molar-refractivity contribution in [2.45, 2.75) is 39.2 Å². The first-order chi connectivity index (χ1) is 10.1. The number of aryl methyl sites for hydroxylation is 1. The van der Waals surface area contributed by atoms with E-state index in [4.69, 9.17) is 10.5 Å². The maximum Gasteiger partial charge on any atom is 0.223 e. The van der Waals surface area contributed by atoms with Gasteiger partial charge in [0.2, 0.25) is 5.91 Å². The molecule has 0 aromatic heterocycles. The Balaban J connectivity index is 0.00000242. The summed E-state index contributed by atoms with van der Waals surface area (Å²) in [7, 11) is 0. The second-order valence-electron chi connectivity index (χ2n) is 6.14. The molecule has 2 rings (SSSR count). The van der Waals surface area contributed by atoms with E-state index in [-0.39, 0.29) is 24.4 Å². The van der Waals surface area contributed by atoms with Crippen molar-refractivity contribution in [3.8, 4) is 0 Å². The minimum atomic E-state index is 0. The van der Waals surface area contributed by atoms with Crippen LogP contribution in [0.25, 0.3) is 0 Å². The normalized spacial score (nSPS) is 18.1. The number of amides is 1. The predicted octanol–water partition coefficient (Wildman–Crippen LogP) is 2.90. The fraction of sp³-hybridized carbons (Fsp3) is 0.588. The molecule has 0 spiro atoms. The molecule has 0 bridgehead atoms. The molecule has 1 fully saturated rings. The zero-order valence-electron chi connectivity index (χ0n) is 13.5. The maximum atomic E-state index is 12.5. The SMILES string of the molecule is CC(C)CC1COCCN1C(=O)CCc1ccccc1N.Cl. The molecule has 0 saturated carbocycles. The smallest absolute Gasteiger partial charge is 0.223 e. The van der Waals surface area contributed by atoms with Crippen molar-refractivity contribution < 1.29 is 9.53 Å². The lowest BCUT2D eigenvalue weighted by Crippen LogP contribution is -2.49. The van der Waals surface area contributed by atoms with Gasteiger partial charge in [0.15, 0.2) is 0 Å². The Hall–Kier alpha value is -1.26. The molecule has 1 atom stereocenters. The minimum Gasteiger partial charge on any atom is -0.399 e. The molecule has 1 amide bonds. The van der Waals surface area contributed by atoms with Gasteiger partial charge in [-0.2, -0.15) is 0 Å². The van der Waals surface area contributed by atoms with Crippen LogP contribution >= 0.6 is 12.4 Å². The summed E-state index contributed by atoms with van der Waals surface area (Å²) in [4.78, 5) is 14.5. The van der Waals surface area contributed by atoms with Crippen molar-refractivity contribution >= 4 is 24.0 Å². The number of ether oxygens (including phenoxy) is 1. The van der Waals surface area contributed by atoms with Gasteiger partial charge in [-0.25, -0.2) is 0 Å². The predicted molar refractivity (Wildman–Crippen MR) is 92.2 cm³/mol. The van der Waals surface area contributed by atoms with E-state index in [1.165, 1.54) is 0 Å². The number of para-hydroxylation sites is 1. The number of hydrogen-bond acceptors (Lipinski definition) is 3. The van der Waals surface area contributed by atoms with E-state index in [9.17, 15) is 4.79 Å². The summed E-state index contributed by atoms with van der Waals surface area (Å²) >= 11 is 0. The molecular weight excluding hydrogens is 300 g/mol. The second-order valence-corrected chi connectivity index (χ2v) is 6.14. The summed E-state index contributed by atoms with van der Waals surface area (Å²) in [5, 5.41) is 0. The van der Waals surface area contributed by atoms with Crippen LogP contribution < -0.4 is 5.73 Å². The van der Waals surface area contributed by atoms with Gasteiger partial charge in [0.1, 0.15) is 0 Å². The third-order valence-electron chi connectivity index (χ3n) is 3.95. The number of halogens is 1. The van der Waals surface area contributed by atoms with Crippen LogP contribution in [0, 0.1) is 5.92 Å². The number of hydrogen-bond donors (Lipinski definition) is 1. The topological polar surface area (TPSA) is 55.6 Å². The lowest BCUT2D eigenvalue weighted by atomic mass is 10.0. The van der Waals surface area contributed by atoms with Gasteiger partial charge >= 0.3 is 0 Å². The molecule has 1 aromatic carbocycles. The molecule has 22 heavy (non-hydrogen) atoms. The number of morpholine rings is 1. The monoisotopic (exact) mass is 326 g/mol. The Labute approximate surface area is 139 Å². The van der Waals surface area contributed by atoms with Crippen LogP contribution in [0.15, 0.2) is 24.3 Å². The van der Waals surface area contributed by atoms with Crippen LogP contribution in [0.2, 0.25) is 0 Å². The van der Waals surface area contributed by atoms with Crippen molar-refractivity contribution in [2.75, 3.05) is 25.5 Å². The number of nitrogens with zero attached hydrogens (tertiary/aromatic N) is 1. The molecule has 5 heteroatoms. The average Bonchev–Trinajstić information content (AvgIpc) is 2.46. The number of rotatable bonds is 5. The Morgan fingerprint density at radius 3 is 2.82 bits per heavy atom. The van der Waals surface area contributed by atoms with Crippen molar-refractivity contribution in [1.82, 2.24) is 4.90 Å². The highest BCUT2D eigenvalue weighted by atomic mass is 35.5. The molecule has 2 N–H and O–H groups in total. The molecule has 0 radical (unpaired) electrons. The average molecular weight is 327 g/mol. The van der Waals surface area contributed by atoms with Crippen LogP contribution in [-0.2, 0) is 16.0 Å². The first-order valence-corrected chi connectivity index (χ1v) is 7.78. The van der Waals surface area contributed by atoms with Crippen molar-refractivity contribution in [3.63, 3.8) is 0 Å². The molecule has 1 saturated heterocycles. The lowest BCUT2D eigenvalue weighted by Gasteiger charge is -2.36. The quantitative estimate of drug-likeness (QED) is 0.846. The van der Waals surface area contributed by atoms with E-state index < -0.39 is 0 Å². The fourth-order valence-corrected chi connectivity index (χ4v) is 2.87. The third kappa shape index (κ3) is 5.18. The number of anilines is 1. The van der Waals surface area contributed by atoms with Gasteiger partial charge in [0.25, 0.3) is 0 Å². The highest BCUT2D eigenvalue weighted by Gasteiger charge is 2.27. The Morgan fingerprint density at radius 2 is 2.14 bits per heavy atom. The summed E-state index contributed by atoms with van der Waals surface area (Å²) in [6.45, 7) is 6.38. The van der Waals surface area contributed by atoms with E-state index >= 15 is 0 Å². The summed E-state index contributed by atoms with van der Waals surface area (Å²) < 4.78 is 5.53. The Morgan fingerprint density at radius 1 is 1.41 bits per heavy atom. The Kier molecular flexibility index (Phi) is 7.69. The first-order valence-electron chi connectivity index (χ1n) is 7.78. The van der Waals surface area contributed by atoms with Crippen LogP contribution in [0.5, 0.6) is 0 Å². The van der Waals surface area contributed by atoms with Crippen molar-refractivity contribution in [3.05, 3.63) is 29.8 Å². The molecule has 1 unspecified atom stereocenters. The van der Waals surface area contributed by atoms with Gasteiger partial charge in [0.05, 0.1) is 19.3 Å². The van der Waals surface area contributed by atoms with E-state index in [1.54, 1.807) is 0 Å². The molecule has 0 aliphatic carbocycles. The number of nitrogens with two attached hydrogens (primary N) is 1. The van der Waals surface area contributed by atoms with Crippen LogP contribution in [0.4, 0.5) is 5.69 Å². The minimum absolute atomic E-state index is 0. The van der Waals surface area contributed by atoms with Crippen LogP contribution in [0.3, 0.4) is 0 Å². The number of benzene rings is 1. The number of nitrogen functional groups attached to an aromatic ring is 1. The van der Waals surface area contributed by atoms with Crippen molar-refractivity contribution in [1.29, 1.82) is 0 Å². The summed E-state index contributed by atoms with van der Waals surface area (Å²) in [5.74, 6) is 0.781. The number of carbonyl (C=O) groups is 1. The van der Waals surface area contributed by atoms with E-state index in [2.05, 4.69) is 13.8 Å². The Bertz CT molecular complexity index is 479. The lowest BCUT2D eigenvalue weighted by molar-refractivity contribution is -0.140. The molecular formula is C17H27ClN2O2. The van der Waals surface area contributed by atoms with E-state index in [0.717, 1.165) is 17.7 Å². The van der Waals surface area contributed by atoms with Gasteiger partial charge in [-0.1, -0.05) is 32.0 Å². The second kappa shape index (κ2) is 9.01. The van der Waals surface area contributed by atoms with Gasteiger partial charge < -0.3 is 15.4 Å². The molecule has 1 heterocycles. The standard InChI is InChI=1S/C17H26N2O2.ClH/c1-13(2)11-15-12-21-10-9-19(15)17(20)8-7-14-5-3-4-6-16(14)18;/h3-6,13,15H,7-12,18H2,1-2H3;1H. The summed E-state index contributed by atoms with van der Waals surface area (Å²) in [6.07, 6.45) is 2.22. The highest BCUT2D eigenvalue weighted by molar-refractivity contribution is 5.85. The number of carbonyl (C=O) groups excluding carboxylic acids is 1. The zero-order chi connectivity index (χ0) is 15.2. The molecule has 1 aliphatic heterocycles. The third-order valence-corrected chi connectivity index (χ3v) is 3.95. The summed E-state index contributed by atoms with van der Waals surface area (Å²) in [6, 6.07) is 7.98. The van der Waals surface area contributed by atoms with Gasteiger partial charge in [-0.3, -0.25) is 4.79 Å². The van der Waals surface area contributed by atoms with Crippen LogP contribution in [0.1, 0.15) is 32.3 Å². The molecule has 1 aliphatic rings. The van der Waals surface area contributed by atoms with E-state index in [0.29, 0.717) is 38.5 Å². The first kappa shape index (κ1) is 18.8. The van der Waals surface area contributed by atoms with E-state index in [1.807, 2.05) is 29.2 Å². The van der Waals surface area contributed by atoms with Crippen LogP contribution in [-0.4, -0.2) is 36.6 Å². The fourth-order valence-electron chi connectivity index (χ4n) is 2.87. The highest BCUT2D eigenvalue weighted by Crippen LogP contribution is 2.18. The van der Waals surface area contributed by atoms with Gasteiger partial charge in [-0.15, -0.1) is 12.4 Å². The summed E-state index contributed by atoms with van der Waals surface area (Å²) in [5.41, 5.74) is 7.76.